The van der Waals surface area contributed by atoms with E-state index in [9.17, 15) is 4.79 Å². The molecular weight excluding hydrogens is 260 g/mol. The molecule has 2 aromatic rings. The molecule has 1 atom stereocenters. The summed E-state index contributed by atoms with van der Waals surface area (Å²) in [6, 6.07) is 16.1. The van der Waals surface area contributed by atoms with E-state index in [1.165, 1.54) is 16.8 Å². The predicted molar refractivity (Wildman–Crippen MR) is 85.8 cm³/mol. The maximum atomic E-state index is 12.0. The zero-order valence-corrected chi connectivity index (χ0v) is 12.2. The Bertz CT molecular complexity index is 634. The number of amides is 1. The number of aryl methyl sites for hydroxylation is 1. The van der Waals surface area contributed by atoms with Gasteiger partial charge in [-0.05, 0) is 37.1 Å². The fraction of sp³-hybridized carbons (Fsp3) is 0.278. The minimum absolute atomic E-state index is 0.00856. The number of rotatable bonds is 4. The first-order valence-electron chi connectivity index (χ1n) is 7.42. The first-order valence-corrected chi connectivity index (χ1v) is 7.42. The maximum Gasteiger partial charge on any atom is 0.251 e. The van der Waals surface area contributed by atoms with Crippen LogP contribution in [-0.2, 0) is 0 Å². The second kappa shape index (κ2) is 6.00. The van der Waals surface area contributed by atoms with Gasteiger partial charge in [0, 0.05) is 30.3 Å². The van der Waals surface area contributed by atoms with Gasteiger partial charge in [-0.15, -0.1) is 0 Å². The largest absolute Gasteiger partial charge is 0.384 e. The highest BCUT2D eigenvalue weighted by Gasteiger charge is 2.21. The molecule has 0 bridgehead atoms. The third kappa shape index (κ3) is 3.07. The van der Waals surface area contributed by atoms with Crippen molar-refractivity contribution in [2.45, 2.75) is 19.3 Å². The van der Waals surface area contributed by atoms with Gasteiger partial charge >= 0.3 is 0 Å². The molecule has 0 fully saturated rings. The smallest absolute Gasteiger partial charge is 0.251 e. The SMILES string of the molecule is Cc1ccc(C(=O)NCCC2CNc3ccccc32)cc1. The number of hydrogen-bond acceptors (Lipinski definition) is 2. The Labute approximate surface area is 125 Å². The van der Waals surface area contributed by atoms with E-state index >= 15 is 0 Å². The Kier molecular flexibility index (Phi) is 3.91. The molecule has 1 amide bonds. The molecule has 0 aliphatic carbocycles. The second-order valence-electron chi connectivity index (χ2n) is 5.58. The van der Waals surface area contributed by atoms with Gasteiger partial charge in [-0.1, -0.05) is 35.9 Å². The molecule has 3 rings (SSSR count). The van der Waals surface area contributed by atoms with Crippen LogP contribution >= 0.6 is 0 Å². The van der Waals surface area contributed by atoms with Gasteiger partial charge in [0.05, 0.1) is 0 Å². The molecule has 3 nitrogen and oxygen atoms in total. The van der Waals surface area contributed by atoms with Crippen LogP contribution in [0, 0.1) is 6.92 Å². The van der Waals surface area contributed by atoms with E-state index in [1.54, 1.807) is 0 Å². The van der Waals surface area contributed by atoms with Crippen LogP contribution in [0.15, 0.2) is 48.5 Å². The maximum absolute atomic E-state index is 12.0. The summed E-state index contributed by atoms with van der Waals surface area (Å²) >= 11 is 0. The summed E-state index contributed by atoms with van der Waals surface area (Å²) in [4.78, 5) is 12.0. The van der Waals surface area contributed by atoms with Crippen LogP contribution in [0.3, 0.4) is 0 Å². The lowest BCUT2D eigenvalue weighted by atomic mass is 9.98. The van der Waals surface area contributed by atoms with Gasteiger partial charge in [0.25, 0.3) is 5.91 Å². The van der Waals surface area contributed by atoms with Crippen molar-refractivity contribution < 1.29 is 4.79 Å². The molecule has 108 valence electrons. The Hall–Kier alpha value is -2.29. The van der Waals surface area contributed by atoms with E-state index in [4.69, 9.17) is 0 Å². The van der Waals surface area contributed by atoms with Crippen molar-refractivity contribution in [3.8, 4) is 0 Å². The lowest BCUT2D eigenvalue weighted by Crippen LogP contribution is -2.25. The van der Waals surface area contributed by atoms with E-state index in [2.05, 4.69) is 28.8 Å². The molecule has 0 spiro atoms. The molecule has 3 heteroatoms. The summed E-state index contributed by atoms with van der Waals surface area (Å²) in [6.45, 7) is 3.68. The van der Waals surface area contributed by atoms with Gasteiger partial charge in [0.1, 0.15) is 0 Å². The van der Waals surface area contributed by atoms with Crippen LogP contribution in [0.25, 0.3) is 0 Å². The molecule has 1 heterocycles. The van der Waals surface area contributed by atoms with E-state index in [-0.39, 0.29) is 5.91 Å². The molecule has 0 saturated carbocycles. The number of hydrogen-bond donors (Lipinski definition) is 2. The van der Waals surface area contributed by atoms with Gasteiger partial charge in [-0.25, -0.2) is 0 Å². The normalized spacial score (nSPS) is 16.1. The van der Waals surface area contributed by atoms with E-state index < -0.39 is 0 Å². The van der Waals surface area contributed by atoms with Gasteiger partial charge in [0.15, 0.2) is 0 Å². The summed E-state index contributed by atoms with van der Waals surface area (Å²) in [5.74, 6) is 0.494. The van der Waals surface area contributed by atoms with Gasteiger partial charge in [-0.2, -0.15) is 0 Å². The van der Waals surface area contributed by atoms with Crippen LogP contribution in [0.5, 0.6) is 0 Å². The van der Waals surface area contributed by atoms with Crippen molar-refractivity contribution in [2.75, 3.05) is 18.4 Å². The third-order valence-electron chi connectivity index (χ3n) is 4.03. The van der Waals surface area contributed by atoms with Gasteiger partial charge in [0.2, 0.25) is 0 Å². The molecule has 21 heavy (non-hydrogen) atoms. The summed E-state index contributed by atoms with van der Waals surface area (Å²) in [5, 5.41) is 6.42. The lowest BCUT2D eigenvalue weighted by molar-refractivity contribution is 0.0952. The minimum Gasteiger partial charge on any atom is -0.384 e. The molecule has 0 aromatic heterocycles. The predicted octanol–water partition coefficient (Wildman–Crippen LogP) is 3.32. The van der Waals surface area contributed by atoms with Crippen LogP contribution in [0.2, 0.25) is 0 Å². The second-order valence-corrected chi connectivity index (χ2v) is 5.58. The first-order chi connectivity index (χ1) is 10.2. The zero-order chi connectivity index (χ0) is 14.7. The number of para-hydroxylation sites is 1. The Morgan fingerprint density at radius 3 is 2.76 bits per heavy atom. The third-order valence-corrected chi connectivity index (χ3v) is 4.03. The highest BCUT2D eigenvalue weighted by atomic mass is 16.1. The molecule has 1 aliphatic heterocycles. The van der Waals surface area contributed by atoms with E-state index in [0.717, 1.165) is 18.5 Å². The molecule has 0 radical (unpaired) electrons. The lowest BCUT2D eigenvalue weighted by Gasteiger charge is -2.11. The molecular formula is C18H20N2O. The standard InChI is InChI=1S/C18H20N2O/c1-13-6-8-14(9-7-13)18(21)19-11-10-15-12-20-17-5-3-2-4-16(15)17/h2-9,15,20H,10-12H2,1H3,(H,19,21). The molecule has 2 N–H and O–H groups in total. The molecule has 0 saturated heterocycles. The molecule has 1 aliphatic rings. The zero-order valence-electron chi connectivity index (χ0n) is 12.2. The number of benzene rings is 2. The van der Waals surface area contributed by atoms with E-state index in [0.29, 0.717) is 12.5 Å². The fourth-order valence-electron chi connectivity index (χ4n) is 2.78. The van der Waals surface area contributed by atoms with Crippen molar-refractivity contribution in [3.63, 3.8) is 0 Å². The fourth-order valence-corrected chi connectivity index (χ4v) is 2.78. The quantitative estimate of drug-likeness (QED) is 0.902. The molecule has 1 unspecified atom stereocenters. The van der Waals surface area contributed by atoms with E-state index in [1.807, 2.05) is 37.3 Å². The Morgan fingerprint density at radius 1 is 1.19 bits per heavy atom. The topological polar surface area (TPSA) is 41.1 Å². The van der Waals surface area contributed by atoms with Crippen molar-refractivity contribution in [1.29, 1.82) is 0 Å². The summed E-state index contributed by atoms with van der Waals surface area (Å²) in [6.07, 6.45) is 0.960. The van der Waals surface area contributed by atoms with Crippen LogP contribution < -0.4 is 10.6 Å². The van der Waals surface area contributed by atoms with Crippen molar-refractivity contribution in [1.82, 2.24) is 5.32 Å². The monoisotopic (exact) mass is 280 g/mol. The average Bonchev–Trinajstić information content (AvgIpc) is 2.91. The Balaban J connectivity index is 1.53. The first kappa shape index (κ1) is 13.7. The van der Waals surface area contributed by atoms with Crippen LogP contribution in [0.4, 0.5) is 5.69 Å². The highest BCUT2D eigenvalue weighted by molar-refractivity contribution is 5.94. The van der Waals surface area contributed by atoms with Crippen molar-refractivity contribution in [2.24, 2.45) is 0 Å². The minimum atomic E-state index is 0.00856. The van der Waals surface area contributed by atoms with Gasteiger partial charge < -0.3 is 10.6 Å². The van der Waals surface area contributed by atoms with Gasteiger partial charge in [-0.3, -0.25) is 4.79 Å². The number of anilines is 1. The summed E-state index contributed by atoms with van der Waals surface area (Å²) in [7, 11) is 0. The van der Waals surface area contributed by atoms with Crippen LogP contribution in [-0.4, -0.2) is 19.0 Å². The highest BCUT2D eigenvalue weighted by Crippen LogP contribution is 2.32. The molecule has 2 aromatic carbocycles. The number of nitrogens with one attached hydrogen (secondary N) is 2. The summed E-state index contributed by atoms with van der Waals surface area (Å²) < 4.78 is 0. The van der Waals surface area contributed by atoms with Crippen LogP contribution in [0.1, 0.15) is 33.8 Å². The number of carbonyl (C=O) groups excluding carboxylic acids is 1. The summed E-state index contributed by atoms with van der Waals surface area (Å²) in [5.41, 5.74) is 4.49. The van der Waals surface area contributed by atoms with Crippen molar-refractivity contribution >= 4 is 11.6 Å². The average molecular weight is 280 g/mol. The van der Waals surface area contributed by atoms with Crippen molar-refractivity contribution in [3.05, 3.63) is 65.2 Å². The number of fused-ring (bicyclic) bond motifs is 1. The Morgan fingerprint density at radius 2 is 1.95 bits per heavy atom. The number of carbonyl (C=O) groups is 1.